The Bertz CT molecular complexity index is 1710. The van der Waals surface area contributed by atoms with Gasteiger partial charge in [0.2, 0.25) is 5.91 Å². The van der Waals surface area contributed by atoms with Crippen LogP contribution in [0.15, 0.2) is 89.5 Å². The average molecular weight is 648 g/mol. The van der Waals surface area contributed by atoms with Crippen molar-refractivity contribution in [3.8, 4) is 0 Å². The normalized spacial score (nSPS) is 11.2. The van der Waals surface area contributed by atoms with Crippen LogP contribution in [0.5, 0.6) is 0 Å². The van der Waals surface area contributed by atoms with E-state index in [1.54, 1.807) is 60.7 Å². The molecule has 0 fully saturated rings. The van der Waals surface area contributed by atoms with E-state index < -0.39 is 46.7 Å². The first-order chi connectivity index (χ1) is 20.5. The van der Waals surface area contributed by atoms with Gasteiger partial charge in [0, 0.05) is 32.3 Å². The summed E-state index contributed by atoms with van der Waals surface area (Å²) in [6.45, 7) is 0. The van der Waals surface area contributed by atoms with Crippen molar-refractivity contribution in [1.29, 1.82) is 0 Å². The molecule has 0 radical (unpaired) electrons. The van der Waals surface area contributed by atoms with E-state index in [1.165, 1.54) is 18.2 Å². The zero-order valence-corrected chi connectivity index (χ0v) is 24.0. The fourth-order valence-corrected chi connectivity index (χ4v) is 4.80. The second-order valence-electron chi connectivity index (χ2n) is 8.71. The molecule has 4 aromatic rings. The van der Waals surface area contributed by atoms with Crippen molar-refractivity contribution >= 4 is 70.1 Å². The summed E-state index contributed by atoms with van der Waals surface area (Å²) in [6, 6.07) is 19.1. The van der Waals surface area contributed by atoms with Gasteiger partial charge >= 0.3 is 0 Å². The molecule has 0 atom stereocenters. The molecule has 0 saturated carbocycles. The Hall–Kier alpha value is -4.32. The number of halogens is 6. The topological polar surface area (TPSA) is 87.3 Å². The molecule has 0 unspecified atom stereocenters. The molecule has 220 valence electrons. The number of rotatable bonds is 9. The third kappa shape index (κ3) is 8.38. The summed E-state index contributed by atoms with van der Waals surface area (Å²) in [5.74, 6) is -9.34. The Morgan fingerprint density at radius 1 is 0.791 bits per heavy atom. The molecule has 3 N–H and O–H groups in total. The number of carbonyl (C=O) groups is 3. The fraction of sp³-hybridized carbons (Fsp3) is 0.0333. The molecule has 0 bridgehead atoms. The second-order valence-corrected chi connectivity index (χ2v) is 10.6. The number of hydrogen-bond donors (Lipinski definition) is 3. The van der Waals surface area contributed by atoms with Gasteiger partial charge < -0.3 is 16.0 Å². The third-order valence-electron chi connectivity index (χ3n) is 5.63. The highest BCUT2D eigenvalue weighted by Crippen LogP contribution is 2.27. The van der Waals surface area contributed by atoms with Crippen LogP contribution in [0.4, 0.5) is 28.9 Å². The first-order valence-corrected chi connectivity index (χ1v) is 14.0. The molecule has 6 nitrogen and oxygen atoms in total. The van der Waals surface area contributed by atoms with Crippen LogP contribution in [0.25, 0.3) is 6.08 Å². The number of hydrogen-bond acceptors (Lipinski definition) is 4. The van der Waals surface area contributed by atoms with Crippen molar-refractivity contribution in [1.82, 2.24) is 5.32 Å². The van der Waals surface area contributed by atoms with E-state index in [4.69, 9.17) is 23.2 Å². The number of thioether (sulfide) groups is 1. The smallest absolute Gasteiger partial charge is 0.272 e. The van der Waals surface area contributed by atoms with Gasteiger partial charge in [-0.2, -0.15) is 0 Å². The van der Waals surface area contributed by atoms with Crippen LogP contribution in [0.2, 0.25) is 10.0 Å². The van der Waals surface area contributed by atoms with Crippen LogP contribution in [0.1, 0.15) is 15.9 Å². The summed E-state index contributed by atoms with van der Waals surface area (Å²) in [5, 5.41) is 7.69. The molecule has 0 saturated heterocycles. The van der Waals surface area contributed by atoms with E-state index in [1.807, 2.05) is 5.32 Å². The number of amides is 3. The van der Waals surface area contributed by atoms with E-state index in [-0.39, 0.29) is 28.2 Å². The predicted octanol–water partition coefficient (Wildman–Crippen LogP) is 7.69. The number of anilines is 2. The van der Waals surface area contributed by atoms with Crippen LogP contribution in [0.3, 0.4) is 0 Å². The standard InChI is InChI=1S/C30H19Cl2F4N3O3S/c31-18-10-9-17(21(32)12-18)11-24(38-29(41)16-5-2-1-3-6-16)30(42)37-19-7-4-8-20(13-19)43-15-25(40)39-28-26(35)22(33)14-23(34)27(28)36/h1-14H,15H2,(H,37,42)(H,38,41)(H,39,40)/b24-11+. The lowest BCUT2D eigenvalue weighted by Gasteiger charge is -2.13. The first kappa shape index (κ1) is 31.6. The third-order valence-corrected chi connectivity index (χ3v) is 7.19. The van der Waals surface area contributed by atoms with Crippen LogP contribution < -0.4 is 16.0 Å². The van der Waals surface area contributed by atoms with E-state index >= 15 is 0 Å². The predicted molar refractivity (Wildman–Crippen MR) is 159 cm³/mol. The zero-order valence-electron chi connectivity index (χ0n) is 21.7. The highest BCUT2D eigenvalue weighted by atomic mass is 35.5. The lowest BCUT2D eigenvalue weighted by Crippen LogP contribution is -2.30. The zero-order chi connectivity index (χ0) is 31.1. The van der Waals surface area contributed by atoms with Crippen molar-refractivity contribution in [2.45, 2.75) is 4.90 Å². The van der Waals surface area contributed by atoms with Crippen LogP contribution in [-0.4, -0.2) is 23.5 Å². The highest BCUT2D eigenvalue weighted by Gasteiger charge is 2.21. The molecule has 13 heteroatoms. The molecule has 43 heavy (non-hydrogen) atoms. The van der Waals surface area contributed by atoms with Crippen molar-refractivity contribution in [2.24, 2.45) is 0 Å². The SMILES string of the molecule is O=C(CSc1cccc(NC(=O)/C(=C\c2ccc(Cl)cc2Cl)NC(=O)c2ccccc2)c1)Nc1c(F)c(F)cc(F)c1F. The van der Waals surface area contributed by atoms with Gasteiger partial charge in [0.25, 0.3) is 11.8 Å². The monoisotopic (exact) mass is 647 g/mol. The van der Waals surface area contributed by atoms with Gasteiger partial charge in [-0.3, -0.25) is 14.4 Å². The van der Waals surface area contributed by atoms with Crippen LogP contribution in [-0.2, 0) is 9.59 Å². The van der Waals surface area contributed by atoms with Gasteiger partial charge in [-0.15, -0.1) is 11.8 Å². The van der Waals surface area contributed by atoms with E-state index in [9.17, 15) is 31.9 Å². The van der Waals surface area contributed by atoms with Gasteiger partial charge in [0.05, 0.1) is 5.75 Å². The Morgan fingerprint density at radius 2 is 1.49 bits per heavy atom. The maximum Gasteiger partial charge on any atom is 0.272 e. The average Bonchev–Trinajstić information content (AvgIpc) is 2.98. The molecule has 3 amide bonds. The molecule has 0 spiro atoms. The van der Waals surface area contributed by atoms with E-state index in [0.29, 0.717) is 21.0 Å². The number of benzene rings is 4. The molecule has 0 aliphatic heterocycles. The van der Waals surface area contributed by atoms with E-state index in [2.05, 4.69) is 10.6 Å². The minimum Gasteiger partial charge on any atom is -0.321 e. The Balaban J connectivity index is 1.48. The largest absolute Gasteiger partial charge is 0.321 e. The Kier molecular flexibility index (Phi) is 10.5. The fourth-order valence-electron chi connectivity index (χ4n) is 3.59. The molecule has 0 heterocycles. The molecule has 0 aliphatic carbocycles. The van der Waals surface area contributed by atoms with E-state index in [0.717, 1.165) is 11.8 Å². The van der Waals surface area contributed by atoms with Gasteiger partial charge in [-0.25, -0.2) is 17.6 Å². The summed E-state index contributed by atoms with van der Waals surface area (Å²) in [5.41, 5.74) is -0.378. The molecule has 0 aliphatic rings. The highest BCUT2D eigenvalue weighted by molar-refractivity contribution is 8.00. The molecule has 4 aromatic carbocycles. The minimum absolute atomic E-state index is 0.0343. The van der Waals surface area contributed by atoms with Gasteiger partial charge in [-0.05, 0) is 54.1 Å². The summed E-state index contributed by atoms with van der Waals surface area (Å²) in [7, 11) is 0. The van der Waals surface area contributed by atoms with Crippen molar-refractivity contribution in [3.05, 3.63) is 129 Å². The Labute approximate surface area is 257 Å². The summed E-state index contributed by atoms with van der Waals surface area (Å²) in [6.07, 6.45) is 1.38. The number of nitrogens with one attached hydrogen (secondary N) is 3. The van der Waals surface area contributed by atoms with Gasteiger partial charge in [0.1, 0.15) is 11.4 Å². The van der Waals surface area contributed by atoms with Gasteiger partial charge in [0.15, 0.2) is 23.3 Å². The van der Waals surface area contributed by atoms with Crippen molar-refractivity contribution < 1.29 is 31.9 Å². The van der Waals surface area contributed by atoms with Crippen LogP contribution in [0, 0.1) is 23.3 Å². The summed E-state index contributed by atoms with van der Waals surface area (Å²) in [4.78, 5) is 38.9. The first-order valence-electron chi connectivity index (χ1n) is 12.2. The molecule has 0 aromatic heterocycles. The Morgan fingerprint density at radius 3 is 2.16 bits per heavy atom. The van der Waals surface area contributed by atoms with Crippen molar-refractivity contribution in [3.63, 3.8) is 0 Å². The van der Waals surface area contributed by atoms with Gasteiger partial charge in [-0.1, -0.05) is 53.5 Å². The molecule has 4 rings (SSSR count). The summed E-state index contributed by atoms with van der Waals surface area (Å²) >= 11 is 13.2. The molecular formula is C30H19Cl2F4N3O3S. The molecular weight excluding hydrogens is 629 g/mol. The summed E-state index contributed by atoms with van der Waals surface area (Å²) < 4.78 is 54.6. The second kappa shape index (κ2) is 14.2. The lowest BCUT2D eigenvalue weighted by molar-refractivity contribution is -0.114. The quantitative estimate of drug-likeness (QED) is 0.0752. The minimum atomic E-state index is -1.73. The maximum atomic E-state index is 13.9. The van der Waals surface area contributed by atoms with Crippen LogP contribution >= 0.6 is 35.0 Å². The maximum absolute atomic E-state index is 13.9. The number of carbonyl (C=O) groups excluding carboxylic acids is 3. The lowest BCUT2D eigenvalue weighted by atomic mass is 10.1. The van der Waals surface area contributed by atoms with Crippen molar-refractivity contribution in [2.75, 3.05) is 16.4 Å².